The van der Waals surface area contributed by atoms with Crippen LogP contribution in [-0.2, 0) is 10.0 Å². The first-order chi connectivity index (χ1) is 13.4. The highest BCUT2D eigenvalue weighted by Crippen LogP contribution is 2.24. The minimum Gasteiger partial charge on any atom is -0.411 e. The number of hydrogen-bond acceptors (Lipinski definition) is 6. The number of likely N-dealkylation sites (tertiary alicyclic amines) is 1. The molecule has 2 N–H and O–H groups in total. The van der Waals surface area contributed by atoms with Crippen molar-refractivity contribution in [1.82, 2.24) is 20.1 Å². The average molecular weight is 422 g/mol. The predicted molar refractivity (Wildman–Crippen MR) is 101 cm³/mol. The number of carbonyl (C=O) groups excluding carboxylic acids is 1. The number of aromatic amines is 1. The largest absolute Gasteiger partial charge is 0.411 e. The Hall–Kier alpha value is -2.85. The number of carbonyl (C=O) groups is 1. The van der Waals surface area contributed by atoms with E-state index < -0.39 is 10.0 Å². The Morgan fingerprint density at radius 3 is 2.75 bits per heavy atom. The highest BCUT2D eigenvalue weighted by atomic mass is 35.5. The van der Waals surface area contributed by atoms with Crippen LogP contribution in [0, 0.1) is 0 Å². The monoisotopic (exact) mass is 421 g/mol. The van der Waals surface area contributed by atoms with Gasteiger partial charge in [0.1, 0.15) is 10.6 Å². The second-order valence-corrected chi connectivity index (χ2v) is 8.40. The number of amides is 1. The molecule has 146 valence electrons. The van der Waals surface area contributed by atoms with E-state index >= 15 is 0 Å². The van der Waals surface area contributed by atoms with Crippen molar-refractivity contribution in [2.24, 2.45) is 0 Å². The summed E-state index contributed by atoms with van der Waals surface area (Å²) < 4.78 is 33.0. The Balaban J connectivity index is 1.53. The van der Waals surface area contributed by atoms with E-state index in [-0.39, 0.29) is 22.6 Å². The Kier molecular flexibility index (Phi) is 4.82. The maximum Gasteiger partial charge on any atom is 0.311 e. The van der Waals surface area contributed by atoms with E-state index in [1.165, 1.54) is 18.3 Å². The van der Waals surface area contributed by atoms with Gasteiger partial charge in [-0.05, 0) is 37.1 Å². The van der Waals surface area contributed by atoms with Crippen LogP contribution in [0.3, 0.4) is 0 Å². The first-order valence-electron chi connectivity index (χ1n) is 8.52. The fraction of sp³-hybridized carbons (Fsp3) is 0.235. The number of anilines is 1. The zero-order valence-electron chi connectivity index (χ0n) is 14.6. The molecule has 0 atom stereocenters. The molecule has 1 saturated heterocycles. The third kappa shape index (κ3) is 3.73. The molecule has 1 fully saturated rings. The van der Waals surface area contributed by atoms with Gasteiger partial charge < -0.3 is 14.3 Å². The summed E-state index contributed by atoms with van der Waals surface area (Å²) in [5, 5.41) is 8.03. The quantitative estimate of drug-likeness (QED) is 0.653. The van der Waals surface area contributed by atoms with Crippen LogP contribution in [0.25, 0.3) is 11.6 Å². The van der Waals surface area contributed by atoms with E-state index in [0.717, 1.165) is 12.8 Å². The molecule has 4 rings (SSSR count). The normalized spacial score (nSPS) is 14.4. The van der Waals surface area contributed by atoms with Crippen molar-refractivity contribution in [3.05, 3.63) is 47.4 Å². The molecule has 28 heavy (non-hydrogen) atoms. The van der Waals surface area contributed by atoms with Gasteiger partial charge in [0.25, 0.3) is 15.9 Å². The van der Waals surface area contributed by atoms with Crippen LogP contribution in [0.1, 0.15) is 23.5 Å². The second kappa shape index (κ2) is 7.28. The van der Waals surface area contributed by atoms with E-state index in [9.17, 15) is 13.2 Å². The second-order valence-electron chi connectivity index (χ2n) is 6.28. The molecule has 0 saturated carbocycles. The molecule has 0 aliphatic carbocycles. The van der Waals surface area contributed by atoms with Gasteiger partial charge in [0.05, 0.1) is 5.69 Å². The molecule has 0 bridgehead atoms. The van der Waals surface area contributed by atoms with Gasteiger partial charge in [0.15, 0.2) is 0 Å². The molecule has 0 unspecified atom stereocenters. The minimum absolute atomic E-state index is 0.0203. The molecule has 1 aliphatic rings. The lowest BCUT2D eigenvalue weighted by Gasteiger charge is -2.11. The lowest BCUT2D eigenvalue weighted by molar-refractivity contribution is 0.0754. The first kappa shape index (κ1) is 18.5. The highest BCUT2D eigenvalue weighted by molar-refractivity contribution is 7.92. The first-order valence-corrected chi connectivity index (χ1v) is 10.4. The SMILES string of the molecule is O=C(c1nnc(-c2cc(S(=O)(=O)Nc3cccc(Cl)c3)c[nH]2)o1)N1CCCC1. The van der Waals surface area contributed by atoms with Gasteiger partial charge in [0, 0.05) is 24.3 Å². The topological polar surface area (TPSA) is 121 Å². The van der Waals surface area contributed by atoms with Crippen molar-refractivity contribution in [2.75, 3.05) is 17.8 Å². The molecule has 0 spiro atoms. The van der Waals surface area contributed by atoms with Crippen LogP contribution >= 0.6 is 11.6 Å². The maximum atomic E-state index is 12.5. The molecule has 1 aliphatic heterocycles. The molecule has 0 radical (unpaired) electrons. The number of H-pyrrole nitrogens is 1. The number of sulfonamides is 1. The Morgan fingerprint density at radius 2 is 2.00 bits per heavy atom. The van der Waals surface area contributed by atoms with Gasteiger partial charge in [-0.3, -0.25) is 9.52 Å². The van der Waals surface area contributed by atoms with Gasteiger partial charge in [-0.15, -0.1) is 10.2 Å². The van der Waals surface area contributed by atoms with Crippen LogP contribution in [0.5, 0.6) is 0 Å². The summed E-state index contributed by atoms with van der Waals surface area (Å²) in [5.41, 5.74) is 0.631. The molecule has 9 nitrogen and oxygen atoms in total. The maximum absolute atomic E-state index is 12.5. The van der Waals surface area contributed by atoms with Crippen LogP contribution in [0.2, 0.25) is 5.02 Å². The number of benzene rings is 1. The molecular formula is C17H16ClN5O4S. The fourth-order valence-corrected chi connectivity index (χ4v) is 4.13. The number of rotatable bonds is 5. The van der Waals surface area contributed by atoms with E-state index in [4.69, 9.17) is 16.0 Å². The van der Waals surface area contributed by atoms with Crippen LogP contribution < -0.4 is 4.72 Å². The number of aromatic nitrogens is 3. The third-order valence-electron chi connectivity index (χ3n) is 4.28. The zero-order valence-corrected chi connectivity index (χ0v) is 16.1. The summed E-state index contributed by atoms with van der Waals surface area (Å²) in [6.07, 6.45) is 3.20. The average Bonchev–Trinajstić information content (AvgIpc) is 3.41. The van der Waals surface area contributed by atoms with Gasteiger partial charge >= 0.3 is 11.8 Å². The van der Waals surface area contributed by atoms with E-state index in [2.05, 4.69) is 19.9 Å². The summed E-state index contributed by atoms with van der Waals surface area (Å²) in [6.45, 7) is 1.33. The van der Waals surface area contributed by atoms with Crippen LogP contribution in [-0.4, -0.2) is 47.5 Å². The molecule has 2 aromatic heterocycles. The predicted octanol–water partition coefficient (Wildman–Crippen LogP) is 2.75. The van der Waals surface area contributed by atoms with Crippen molar-refractivity contribution in [2.45, 2.75) is 17.7 Å². The number of nitrogens with zero attached hydrogens (tertiary/aromatic N) is 3. The molecular weight excluding hydrogens is 406 g/mol. The Bertz CT molecular complexity index is 1120. The molecule has 11 heteroatoms. The smallest absolute Gasteiger partial charge is 0.311 e. The van der Waals surface area contributed by atoms with Gasteiger partial charge in [-0.2, -0.15) is 0 Å². The molecule has 1 aromatic carbocycles. The molecule has 3 heterocycles. The summed E-state index contributed by atoms with van der Waals surface area (Å²) in [7, 11) is -3.84. The summed E-state index contributed by atoms with van der Waals surface area (Å²) in [6, 6.07) is 7.72. The van der Waals surface area contributed by atoms with Crippen molar-refractivity contribution >= 4 is 33.2 Å². The Labute approximate surface area is 165 Å². The van der Waals surface area contributed by atoms with Crippen molar-refractivity contribution in [3.63, 3.8) is 0 Å². The molecule has 1 amide bonds. The van der Waals surface area contributed by atoms with Gasteiger partial charge in [-0.1, -0.05) is 17.7 Å². The van der Waals surface area contributed by atoms with E-state index in [1.54, 1.807) is 23.1 Å². The van der Waals surface area contributed by atoms with Crippen LogP contribution in [0.15, 0.2) is 45.8 Å². The minimum atomic E-state index is -3.84. The van der Waals surface area contributed by atoms with E-state index in [0.29, 0.717) is 29.5 Å². The van der Waals surface area contributed by atoms with Crippen molar-refractivity contribution in [1.29, 1.82) is 0 Å². The standard InChI is InChI=1S/C17H16ClN5O4S/c18-11-4-3-5-12(8-11)22-28(25,26)13-9-14(19-10-13)15-20-21-16(27-15)17(24)23-6-1-2-7-23/h3-5,8-10,19,22H,1-2,6-7H2. The summed E-state index contributed by atoms with van der Waals surface area (Å²) >= 11 is 5.88. The molecule has 3 aromatic rings. The highest BCUT2D eigenvalue weighted by Gasteiger charge is 2.25. The number of nitrogens with one attached hydrogen (secondary N) is 2. The lowest BCUT2D eigenvalue weighted by Crippen LogP contribution is -2.27. The van der Waals surface area contributed by atoms with Crippen molar-refractivity contribution in [3.8, 4) is 11.6 Å². The van der Waals surface area contributed by atoms with Gasteiger partial charge in [-0.25, -0.2) is 8.42 Å². The Morgan fingerprint density at radius 1 is 1.21 bits per heavy atom. The summed E-state index contributed by atoms with van der Waals surface area (Å²) in [5.74, 6) is -0.405. The zero-order chi connectivity index (χ0) is 19.7. The third-order valence-corrected chi connectivity index (χ3v) is 5.87. The number of hydrogen-bond donors (Lipinski definition) is 2. The van der Waals surface area contributed by atoms with Crippen molar-refractivity contribution < 1.29 is 17.6 Å². The summed E-state index contributed by atoms with van der Waals surface area (Å²) in [4.78, 5) is 16.7. The van der Waals surface area contributed by atoms with Crippen LogP contribution in [0.4, 0.5) is 5.69 Å². The van der Waals surface area contributed by atoms with E-state index in [1.807, 2.05) is 0 Å². The lowest BCUT2D eigenvalue weighted by atomic mass is 10.3. The fourth-order valence-electron chi connectivity index (χ4n) is 2.89. The number of halogens is 1. The van der Waals surface area contributed by atoms with Gasteiger partial charge in [0.2, 0.25) is 0 Å².